The van der Waals surface area contributed by atoms with Crippen molar-refractivity contribution in [2.75, 3.05) is 10.6 Å². The lowest BCUT2D eigenvalue weighted by atomic mass is 10.1. The zero-order valence-corrected chi connectivity index (χ0v) is 17.5. The number of benzene rings is 1. The number of amides is 1. The Morgan fingerprint density at radius 1 is 1.34 bits per heavy atom. The van der Waals surface area contributed by atoms with Crippen molar-refractivity contribution in [3.8, 4) is 11.6 Å². The van der Waals surface area contributed by atoms with Gasteiger partial charge in [0.1, 0.15) is 5.75 Å². The van der Waals surface area contributed by atoms with E-state index in [9.17, 15) is 9.90 Å². The summed E-state index contributed by atoms with van der Waals surface area (Å²) in [4.78, 5) is 27.6. The normalized spacial score (nSPS) is 11.3. The van der Waals surface area contributed by atoms with Crippen molar-refractivity contribution in [3.05, 3.63) is 55.6 Å². The molecule has 1 aromatic carbocycles. The van der Waals surface area contributed by atoms with Crippen molar-refractivity contribution in [2.24, 2.45) is 0 Å². The lowest BCUT2D eigenvalue weighted by Crippen LogP contribution is -2.26. The van der Waals surface area contributed by atoms with Crippen LogP contribution in [0.1, 0.15) is 13.8 Å². The molecule has 1 amide bonds. The predicted octanol–water partition coefficient (Wildman–Crippen LogP) is 2.98. The maximum Gasteiger partial charge on any atom is 0.252 e. The number of rotatable bonds is 8. The molecular formula is C21H22N8O3. The molecule has 11 heteroatoms. The second-order valence-electron chi connectivity index (χ2n) is 7.64. The van der Waals surface area contributed by atoms with E-state index in [0.29, 0.717) is 34.8 Å². The highest BCUT2D eigenvalue weighted by molar-refractivity contribution is 5.98. The molecule has 0 saturated carbocycles. The van der Waals surface area contributed by atoms with Crippen LogP contribution in [0.4, 0.5) is 17.3 Å². The van der Waals surface area contributed by atoms with Gasteiger partial charge in [-0.2, -0.15) is 15.1 Å². The minimum atomic E-state index is -0.894. The van der Waals surface area contributed by atoms with Crippen molar-refractivity contribution >= 4 is 34.4 Å². The number of H-pyrrole nitrogens is 1. The van der Waals surface area contributed by atoms with Crippen molar-refractivity contribution in [3.63, 3.8) is 0 Å². The number of fused-ring (bicyclic) bond motifs is 1. The number of hydrogen-bond acceptors (Lipinski definition) is 8. The van der Waals surface area contributed by atoms with Gasteiger partial charge in [-0.1, -0.05) is 12.6 Å². The number of hydrogen-bond donors (Lipinski definition) is 4. The highest BCUT2D eigenvalue weighted by atomic mass is 16.5. The second kappa shape index (κ2) is 8.47. The molecule has 0 saturated heterocycles. The number of aromatic nitrogens is 6. The van der Waals surface area contributed by atoms with Crippen LogP contribution in [-0.4, -0.2) is 46.3 Å². The van der Waals surface area contributed by atoms with Gasteiger partial charge in [0, 0.05) is 18.0 Å². The maximum atomic E-state index is 11.6. The standard InChI is InChI=1S/C21H22N8O3/c1-4-16(30)25-13-6-5-7-15(8-13)32-19-17-18(23-12-22-17)27-20(28-19)26-14-9-24-29(10-14)11-21(2,3)31/h4-10,12,31H,1,11H2,2-3H3,(H,25,30)(H2,22,23,26,27,28). The molecule has 4 rings (SSSR count). The predicted molar refractivity (Wildman–Crippen MR) is 119 cm³/mol. The first kappa shape index (κ1) is 21.0. The van der Waals surface area contributed by atoms with Gasteiger partial charge in [0.15, 0.2) is 11.2 Å². The SMILES string of the molecule is C=CC(=O)Nc1cccc(Oc2nc(Nc3cnn(CC(C)(C)O)c3)nc3[nH]cnc23)c1. The molecule has 0 bridgehead atoms. The summed E-state index contributed by atoms with van der Waals surface area (Å²) < 4.78 is 7.57. The van der Waals surface area contributed by atoms with Crippen LogP contribution in [-0.2, 0) is 11.3 Å². The van der Waals surface area contributed by atoms with Crippen molar-refractivity contribution in [1.29, 1.82) is 0 Å². The number of imidazole rings is 1. The average molecular weight is 434 g/mol. The fraction of sp³-hybridized carbons (Fsp3) is 0.190. The molecule has 3 heterocycles. The first-order chi connectivity index (χ1) is 15.3. The smallest absolute Gasteiger partial charge is 0.252 e. The van der Waals surface area contributed by atoms with Crippen LogP contribution < -0.4 is 15.4 Å². The number of nitrogens with zero attached hydrogens (tertiary/aromatic N) is 5. The van der Waals surface area contributed by atoms with Crippen molar-refractivity contribution in [1.82, 2.24) is 29.7 Å². The molecule has 0 spiro atoms. The summed E-state index contributed by atoms with van der Waals surface area (Å²) in [6.07, 6.45) is 6.04. The average Bonchev–Trinajstić information content (AvgIpc) is 3.36. The Morgan fingerprint density at radius 3 is 2.97 bits per heavy atom. The number of aliphatic hydroxyl groups is 1. The van der Waals surface area contributed by atoms with E-state index in [1.165, 1.54) is 12.4 Å². The molecule has 0 unspecified atom stereocenters. The Morgan fingerprint density at radius 2 is 2.19 bits per heavy atom. The molecular weight excluding hydrogens is 412 g/mol. The third-order valence-electron chi connectivity index (χ3n) is 4.19. The van der Waals surface area contributed by atoms with Gasteiger partial charge < -0.3 is 25.5 Å². The Hall–Kier alpha value is -4.25. The Balaban J connectivity index is 1.58. The molecule has 0 radical (unpaired) electrons. The first-order valence-corrected chi connectivity index (χ1v) is 9.73. The minimum absolute atomic E-state index is 0.231. The third kappa shape index (κ3) is 5.08. The molecule has 3 aromatic heterocycles. The van der Waals surface area contributed by atoms with Gasteiger partial charge >= 0.3 is 0 Å². The van der Waals surface area contributed by atoms with E-state index < -0.39 is 5.60 Å². The molecule has 4 N–H and O–H groups in total. The summed E-state index contributed by atoms with van der Waals surface area (Å²) in [5.41, 5.74) is 1.24. The molecule has 0 aliphatic carbocycles. The quantitative estimate of drug-likeness (QED) is 0.310. The number of nitrogens with one attached hydrogen (secondary N) is 3. The maximum absolute atomic E-state index is 11.6. The summed E-state index contributed by atoms with van der Waals surface area (Å²) in [5.74, 6) is 0.639. The van der Waals surface area contributed by atoms with E-state index in [-0.39, 0.29) is 17.7 Å². The summed E-state index contributed by atoms with van der Waals surface area (Å²) in [6.45, 7) is 7.19. The molecule has 11 nitrogen and oxygen atoms in total. The molecule has 32 heavy (non-hydrogen) atoms. The first-order valence-electron chi connectivity index (χ1n) is 9.73. The van der Waals surface area contributed by atoms with E-state index in [2.05, 4.69) is 42.2 Å². The lowest BCUT2D eigenvalue weighted by Gasteiger charge is -2.16. The molecule has 0 atom stereocenters. The largest absolute Gasteiger partial charge is 0.437 e. The molecule has 0 aliphatic rings. The van der Waals surface area contributed by atoms with Crippen LogP contribution in [0.2, 0.25) is 0 Å². The lowest BCUT2D eigenvalue weighted by molar-refractivity contribution is -0.111. The van der Waals surface area contributed by atoms with Crippen LogP contribution in [0, 0.1) is 0 Å². The van der Waals surface area contributed by atoms with E-state index >= 15 is 0 Å². The van der Waals surface area contributed by atoms with Gasteiger partial charge in [-0.3, -0.25) is 9.48 Å². The van der Waals surface area contributed by atoms with Gasteiger partial charge in [-0.25, -0.2) is 4.98 Å². The number of carbonyl (C=O) groups is 1. The molecule has 164 valence electrons. The van der Waals surface area contributed by atoms with E-state index in [4.69, 9.17) is 4.74 Å². The fourth-order valence-corrected chi connectivity index (χ4v) is 2.92. The minimum Gasteiger partial charge on any atom is -0.437 e. The van der Waals surface area contributed by atoms with E-state index in [1.807, 2.05) is 0 Å². The van der Waals surface area contributed by atoms with Crippen LogP contribution in [0.15, 0.2) is 55.6 Å². The van der Waals surface area contributed by atoms with E-state index in [0.717, 1.165) is 0 Å². The molecule has 4 aromatic rings. The highest BCUT2D eigenvalue weighted by Gasteiger charge is 2.16. The highest BCUT2D eigenvalue weighted by Crippen LogP contribution is 2.29. The van der Waals surface area contributed by atoms with Gasteiger partial charge in [-0.05, 0) is 32.1 Å². The Bertz CT molecular complexity index is 1270. The van der Waals surface area contributed by atoms with Crippen molar-refractivity contribution in [2.45, 2.75) is 26.0 Å². The monoisotopic (exact) mass is 434 g/mol. The number of aromatic amines is 1. The van der Waals surface area contributed by atoms with Crippen LogP contribution >= 0.6 is 0 Å². The fourth-order valence-electron chi connectivity index (χ4n) is 2.92. The van der Waals surface area contributed by atoms with Gasteiger partial charge in [0.25, 0.3) is 5.88 Å². The number of ether oxygens (including phenoxy) is 1. The number of carbonyl (C=O) groups excluding carboxylic acids is 1. The Kier molecular flexibility index (Phi) is 5.56. The summed E-state index contributed by atoms with van der Waals surface area (Å²) >= 11 is 0. The van der Waals surface area contributed by atoms with Gasteiger partial charge in [0.05, 0.1) is 30.4 Å². The zero-order valence-electron chi connectivity index (χ0n) is 17.5. The number of anilines is 3. The van der Waals surface area contributed by atoms with E-state index in [1.54, 1.807) is 55.2 Å². The van der Waals surface area contributed by atoms with Crippen LogP contribution in [0.3, 0.4) is 0 Å². The summed E-state index contributed by atoms with van der Waals surface area (Å²) in [6, 6.07) is 6.87. The van der Waals surface area contributed by atoms with Gasteiger partial charge in [0.2, 0.25) is 11.9 Å². The zero-order chi connectivity index (χ0) is 22.7. The summed E-state index contributed by atoms with van der Waals surface area (Å²) in [5, 5.41) is 19.9. The topological polar surface area (TPSA) is 143 Å². The Labute approximate surface area is 183 Å². The van der Waals surface area contributed by atoms with Crippen LogP contribution in [0.5, 0.6) is 11.6 Å². The van der Waals surface area contributed by atoms with Crippen molar-refractivity contribution < 1.29 is 14.6 Å². The molecule has 0 fully saturated rings. The third-order valence-corrected chi connectivity index (χ3v) is 4.19. The van der Waals surface area contributed by atoms with Crippen LogP contribution in [0.25, 0.3) is 11.2 Å². The van der Waals surface area contributed by atoms with Gasteiger partial charge in [-0.15, -0.1) is 0 Å². The second-order valence-corrected chi connectivity index (χ2v) is 7.64. The summed E-state index contributed by atoms with van der Waals surface area (Å²) in [7, 11) is 0. The molecule has 0 aliphatic heterocycles.